The van der Waals surface area contributed by atoms with E-state index in [-0.39, 0.29) is 0 Å². The Morgan fingerprint density at radius 3 is 3.10 bits per heavy atom. The molecule has 0 spiro atoms. The minimum absolute atomic E-state index is 0.770. The van der Waals surface area contributed by atoms with Crippen LogP contribution in [-0.4, -0.2) is 9.97 Å². The fourth-order valence-electron chi connectivity index (χ4n) is 0.830. The van der Waals surface area contributed by atoms with E-state index in [9.17, 15) is 0 Å². The van der Waals surface area contributed by atoms with Gasteiger partial charge in [-0.05, 0) is 6.92 Å². The van der Waals surface area contributed by atoms with Crippen molar-refractivity contribution in [3.63, 3.8) is 0 Å². The molecule has 0 saturated carbocycles. The van der Waals surface area contributed by atoms with E-state index in [1.807, 2.05) is 6.92 Å². The maximum Gasteiger partial charge on any atom is 0.0925 e. The molecule has 1 heterocycles. The normalized spacial score (nSPS) is 9.20. The van der Waals surface area contributed by atoms with Crippen LogP contribution in [0.15, 0.2) is 6.33 Å². The Morgan fingerprint density at radius 2 is 2.60 bits per heavy atom. The highest BCUT2D eigenvalue weighted by Crippen LogP contribution is 2.02. The second kappa shape index (κ2) is 3.07. The monoisotopic (exact) mass is 134 g/mol. The van der Waals surface area contributed by atoms with Crippen molar-refractivity contribution in [3.05, 3.63) is 17.7 Å². The molecule has 0 atom stereocenters. The largest absolute Gasteiger partial charge is 0.348 e. The Hall–Kier alpha value is -1.23. The molecule has 0 unspecified atom stereocenters. The number of hydrogen-bond acceptors (Lipinski definition) is 1. The summed E-state index contributed by atoms with van der Waals surface area (Å²) in [6, 6.07) is 0. The number of nitrogens with zero attached hydrogens (tertiary/aromatic N) is 1. The molecule has 0 aromatic carbocycles. The van der Waals surface area contributed by atoms with Gasteiger partial charge in [0, 0.05) is 18.5 Å². The van der Waals surface area contributed by atoms with E-state index in [4.69, 9.17) is 6.42 Å². The third-order valence-corrected chi connectivity index (χ3v) is 1.44. The Balaban J connectivity index is 2.59. The van der Waals surface area contributed by atoms with Crippen LogP contribution in [0.4, 0.5) is 0 Å². The molecular weight excluding hydrogens is 124 g/mol. The van der Waals surface area contributed by atoms with Gasteiger partial charge in [-0.3, -0.25) is 0 Å². The molecular formula is C8H10N2. The smallest absolute Gasteiger partial charge is 0.0925 e. The summed E-state index contributed by atoms with van der Waals surface area (Å²) in [5, 5.41) is 0. The fourth-order valence-corrected chi connectivity index (χ4v) is 0.830. The van der Waals surface area contributed by atoms with E-state index in [1.165, 1.54) is 0 Å². The average molecular weight is 134 g/mol. The van der Waals surface area contributed by atoms with Gasteiger partial charge in [-0.15, -0.1) is 12.3 Å². The van der Waals surface area contributed by atoms with Gasteiger partial charge in [0.25, 0.3) is 0 Å². The summed E-state index contributed by atoms with van der Waals surface area (Å²) >= 11 is 0. The van der Waals surface area contributed by atoms with Gasteiger partial charge in [0.15, 0.2) is 0 Å². The maximum atomic E-state index is 5.11. The van der Waals surface area contributed by atoms with Crippen molar-refractivity contribution in [1.29, 1.82) is 0 Å². The molecule has 0 saturated heterocycles. The predicted molar refractivity (Wildman–Crippen MR) is 40.5 cm³/mol. The lowest BCUT2D eigenvalue weighted by Gasteiger charge is -1.90. The van der Waals surface area contributed by atoms with Gasteiger partial charge < -0.3 is 4.98 Å². The molecule has 10 heavy (non-hydrogen) atoms. The lowest BCUT2D eigenvalue weighted by molar-refractivity contribution is 0.964. The van der Waals surface area contributed by atoms with Gasteiger partial charge in [-0.25, -0.2) is 4.98 Å². The van der Waals surface area contributed by atoms with E-state index in [0.29, 0.717) is 0 Å². The fraction of sp³-hybridized carbons (Fsp3) is 0.375. The highest BCUT2D eigenvalue weighted by Gasteiger charge is 1.97. The van der Waals surface area contributed by atoms with Crippen molar-refractivity contribution >= 4 is 0 Å². The topological polar surface area (TPSA) is 28.7 Å². The Labute approximate surface area is 60.7 Å². The number of terminal acetylenes is 1. The number of aromatic amines is 1. The first-order valence-electron chi connectivity index (χ1n) is 3.27. The minimum atomic E-state index is 0.770. The summed E-state index contributed by atoms with van der Waals surface area (Å²) < 4.78 is 0. The molecule has 52 valence electrons. The molecule has 0 bridgehead atoms. The quantitative estimate of drug-likeness (QED) is 0.606. The zero-order chi connectivity index (χ0) is 7.40. The summed E-state index contributed by atoms with van der Waals surface area (Å²) in [4.78, 5) is 7.10. The van der Waals surface area contributed by atoms with E-state index in [2.05, 4.69) is 15.9 Å². The predicted octanol–water partition coefficient (Wildman–Crippen LogP) is 1.28. The van der Waals surface area contributed by atoms with Crippen molar-refractivity contribution in [2.45, 2.75) is 19.8 Å². The molecule has 0 radical (unpaired) electrons. The number of rotatable bonds is 2. The van der Waals surface area contributed by atoms with Crippen LogP contribution >= 0.6 is 0 Å². The third kappa shape index (κ3) is 1.38. The third-order valence-electron chi connectivity index (χ3n) is 1.44. The van der Waals surface area contributed by atoms with Crippen LogP contribution in [0.5, 0.6) is 0 Å². The number of imidazole rings is 1. The van der Waals surface area contributed by atoms with Crippen molar-refractivity contribution in [3.8, 4) is 12.3 Å². The summed E-state index contributed by atoms with van der Waals surface area (Å²) in [5.41, 5.74) is 2.20. The van der Waals surface area contributed by atoms with Crippen LogP contribution in [-0.2, 0) is 6.42 Å². The Morgan fingerprint density at radius 1 is 1.80 bits per heavy atom. The van der Waals surface area contributed by atoms with Crippen molar-refractivity contribution in [2.24, 2.45) is 0 Å². The highest BCUT2D eigenvalue weighted by molar-refractivity contribution is 5.10. The summed E-state index contributed by atoms with van der Waals surface area (Å²) in [6.45, 7) is 2.00. The maximum absolute atomic E-state index is 5.11. The van der Waals surface area contributed by atoms with E-state index in [1.54, 1.807) is 6.33 Å². The molecule has 0 aliphatic carbocycles. The second-order valence-electron chi connectivity index (χ2n) is 2.18. The molecule has 0 aliphatic rings. The molecule has 0 aliphatic heterocycles. The van der Waals surface area contributed by atoms with Gasteiger partial charge in [0.05, 0.1) is 12.0 Å². The zero-order valence-electron chi connectivity index (χ0n) is 6.02. The van der Waals surface area contributed by atoms with Crippen LogP contribution in [0.3, 0.4) is 0 Å². The van der Waals surface area contributed by atoms with E-state index < -0.39 is 0 Å². The molecule has 0 amide bonds. The summed E-state index contributed by atoms with van der Waals surface area (Å²) in [7, 11) is 0. The Bertz CT molecular complexity index is 242. The molecule has 0 fully saturated rings. The lowest BCUT2D eigenvalue weighted by Crippen LogP contribution is -1.86. The summed E-state index contributed by atoms with van der Waals surface area (Å²) in [5.74, 6) is 2.58. The Kier molecular flexibility index (Phi) is 2.11. The molecule has 2 nitrogen and oxygen atoms in total. The SMILES string of the molecule is C#CCCc1nc[nH]c1C. The first-order valence-corrected chi connectivity index (χ1v) is 3.27. The van der Waals surface area contributed by atoms with Crippen LogP contribution in [0.1, 0.15) is 17.8 Å². The van der Waals surface area contributed by atoms with Crippen molar-refractivity contribution in [1.82, 2.24) is 9.97 Å². The van der Waals surface area contributed by atoms with Crippen LogP contribution < -0.4 is 0 Å². The average Bonchev–Trinajstić information content (AvgIpc) is 2.31. The molecule has 1 rings (SSSR count). The van der Waals surface area contributed by atoms with E-state index in [0.717, 1.165) is 24.2 Å². The highest BCUT2D eigenvalue weighted by atomic mass is 14.9. The first-order chi connectivity index (χ1) is 4.84. The van der Waals surface area contributed by atoms with Crippen molar-refractivity contribution in [2.75, 3.05) is 0 Å². The molecule has 2 heteroatoms. The molecule has 1 aromatic heterocycles. The van der Waals surface area contributed by atoms with Gasteiger partial charge >= 0.3 is 0 Å². The second-order valence-corrected chi connectivity index (χ2v) is 2.18. The molecule has 1 aromatic rings. The number of nitrogens with one attached hydrogen (secondary N) is 1. The van der Waals surface area contributed by atoms with Crippen LogP contribution in [0, 0.1) is 19.3 Å². The van der Waals surface area contributed by atoms with Crippen LogP contribution in [0.2, 0.25) is 0 Å². The van der Waals surface area contributed by atoms with E-state index >= 15 is 0 Å². The minimum Gasteiger partial charge on any atom is -0.348 e. The van der Waals surface area contributed by atoms with Crippen LogP contribution in [0.25, 0.3) is 0 Å². The zero-order valence-corrected chi connectivity index (χ0v) is 6.02. The number of aryl methyl sites for hydroxylation is 2. The first kappa shape index (κ1) is 6.88. The van der Waals surface area contributed by atoms with Gasteiger partial charge in [-0.2, -0.15) is 0 Å². The summed E-state index contributed by atoms with van der Waals surface area (Å²) in [6.07, 6.45) is 8.45. The van der Waals surface area contributed by atoms with Gasteiger partial charge in [0.1, 0.15) is 0 Å². The number of hydrogen-bond donors (Lipinski definition) is 1. The molecule has 1 N–H and O–H groups in total. The number of H-pyrrole nitrogens is 1. The van der Waals surface area contributed by atoms with Gasteiger partial charge in [0.2, 0.25) is 0 Å². The standard InChI is InChI=1S/C8H10N2/c1-3-4-5-8-7(2)9-6-10-8/h1,6H,4-5H2,2H3,(H,9,10). The van der Waals surface area contributed by atoms with Gasteiger partial charge in [-0.1, -0.05) is 0 Å². The number of aromatic nitrogens is 2. The van der Waals surface area contributed by atoms with Crippen molar-refractivity contribution < 1.29 is 0 Å². The lowest BCUT2D eigenvalue weighted by atomic mass is 10.2.